The van der Waals surface area contributed by atoms with E-state index in [1.807, 2.05) is 31.2 Å². The van der Waals surface area contributed by atoms with Gasteiger partial charge in [0.1, 0.15) is 6.54 Å². The number of nitrogens with one attached hydrogen (secondary N) is 1. The molecule has 28 heavy (non-hydrogen) atoms. The van der Waals surface area contributed by atoms with Gasteiger partial charge in [0.25, 0.3) is 0 Å². The maximum atomic E-state index is 12.7. The van der Waals surface area contributed by atoms with Crippen LogP contribution in [0.4, 0.5) is 13.2 Å². The standard InChI is InChI=1S/C19H21F3N4S.HI/c1-4-23-18(26(3)12-17-13-27-14(2)25-17)24-10-6-8-15-7-5-9-16(11-15)19(20,21)22;/h5,7,9,11,13H,4,10,12H2,1-3H3,(H,23,24);1H. The summed E-state index contributed by atoms with van der Waals surface area (Å²) in [6.07, 6.45) is -4.37. The summed E-state index contributed by atoms with van der Waals surface area (Å²) in [5.74, 6) is 6.21. The van der Waals surface area contributed by atoms with Crippen molar-refractivity contribution in [1.82, 2.24) is 15.2 Å². The van der Waals surface area contributed by atoms with E-state index in [0.717, 1.165) is 22.8 Å². The number of aromatic nitrogens is 1. The summed E-state index contributed by atoms with van der Waals surface area (Å²) in [7, 11) is 1.90. The van der Waals surface area contributed by atoms with Gasteiger partial charge in [0.15, 0.2) is 5.96 Å². The Labute approximate surface area is 184 Å². The minimum absolute atomic E-state index is 0. The van der Waals surface area contributed by atoms with Crippen molar-refractivity contribution >= 4 is 41.3 Å². The molecule has 1 aromatic heterocycles. The Morgan fingerprint density at radius 3 is 2.71 bits per heavy atom. The van der Waals surface area contributed by atoms with Gasteiger partial charge in [-0.15, -0.1) is 35.3 Å². The molecule has 2 aromatic rings. The third-order valence-electron chi connectivity index (χ3n) is 3.49. The number of aryl methyl sites for hydroxylation is 1. The smallest absolute Gasteiger partial charge is 0.356 e. The molecular formula is C19H22F3IN4S. The van der Waals surface area contributed by atoms with E-state index < -0.39 is 11.7 Å². The van der Waals surface area contributed by atoms with Crippen LogP contribution in [0.1, 0.15) is 28.8 Å². The minimum atomic E-state index is -4.37. The molecule has 152 valence electrons. The summed E-state index contributed by atoms with van der Waals surface area (Å²) in [6.45, 7) is 5.40. The zero-order valence-electron chi connectivity index (χ0n) is 15.8. The van der Waals surface area contributed by atoms with E-state index in [1.54, 1.807) is 17.4 Å². The van der Waals surface area contributed by atoms with Gasteiger partial charge >= 0.3 is 6.18 Å². The van der Waals surface area contributed by atoms with Gasteiger partial charge in [-0.1, -0.05) is 17.9 Å². The highest BCUT2D eigenvalue weighted by Gasteiger charge is 2.30. The molecule has 9 heteroatoms. The molecule has 0 unspecified atom stereocenters. The predicted octanol–water partition coefficient (Wildman–Crippen LogP) is 4.54. The molecule has 0 radical (unpaired) electrons. The van der Waals surface area contributed by atoms with Crippen LogP contribution in [0.2, 0.25) is 0 Å². The van der Waals surface area contributed by atoms with Crippen LogP contribution in [-0.4, -0.2) is 36.0 Å². The first-order chi connectivity index (χ1) is 12.8. The van der Waals surface area contributed by atoms with Crippen molar-refractivity contribution in [3.8, 4) is 11.8 Å². The van der Waals surface area contributed by atoms with Crippen molar-refractivity contribution in [2.75, 3.05) is 20.1 Å². The SMILES string of the molecule is CCNC(=NCC#Cc1cccc(C(F)(F)F)c1)N(C)Cc1csc(C)n1.I. The number of halogens is 4. The van der Waals surface area contributed by atoms with E-state index in [0.29, 0.717) is 24.6 Å². The predicted molar refractivity (Wildman–Crippen MR) is 118 cm³/mol. The fourth-order valence-corrected chi connectivity index (χ4v) is 2.90. The first kappa shape index (κ1) is 24.2. The molecule has 2 rings (SSSR count). The monoisotopic (exact) mass is 522 g/mol. The first-order valence-electron chi connectivity index (χ1n) is 8.36. The molecule has 1 heterocycles. The molecule has 0 aliphatic heterocycles. The number of rotatable bonds is 4. The molecule has 1 aromatic carbocycles. The third-order valence-corrected chi connectivity index (χ3v) is 4.32. The van der Waals surface area contributed by atoms with Crippen molar-refractivity contribution in [3.05, 3.63) is 51.5 Å². The van der Waals surface area contributed by atoms with Crippen molar-refractivity contribution < 1.29 is 13.2 Å². The fourth-order valence-electron chi connectivity index (χ4n) is 2.30. The number of nitrogens with zero attached hydrogens (tertiary/aromatic N) is 3. The molecule has 0 fully saturated rings. The van der Waals surface area contributed by atoms with Gasteiger partial charge in [-0.2, -0.15) is 13.2 Å². The first-order valence-corrected chi connectivity index (χ1v) is 9.24. The van der Waals surface area contributed by atoms with Crippen LogP contribution in [0, 0.1) is 18.8 Å². The number of alkyl halides is 3. The van der Waals surface area contributed by atoms with Crippen LogP contribution in [-0.2, 0) is 12.7 Å². The van der Waals surface area contributed by atoms with Crippen molar-refractivity contribution in [2.45, 2.75) is 26.6 Å². The van der Waals surface area contributed by atoms with E-state index in [-0.39, 0.29) is 30.5 Å². The molecule has 0 aliphatic rings. The lowest BCUT2D eigenvalue weighted by atomic mass is 10.1. The number of aliphatic imine (C=N–C) groups is 1. The Hall–Kier alpha value is -1.80. The van der Waals surface area contributed by atoms with E-state index in [1.165, 1.54) is 6.07 Å². The van der Waals surface area contributed by atoms with Gasteiger partial charge in [0, 0.05) is 24.5 Å². The maximum absolute atomic E-state index is 12.7. The molecule has 0 amide bonds. The molecule has 0 aliphatic carbocycles. The third kappa shape index (κ3) is 7.67. The summed E-state index contributed by atoms with van der Waals surface area (Å²) < 4.78 is 38.2. The molecule has 4 nitrogen and oxygen atoms in total. The molecular weight excluding hydrogens is 500 g/mol. The maximum Gasteiger partial charge on any atom is 0.416 e. The van der Waals surface area contributed by atoms with E-state index in [9.17, 15) is 13.2 Å². The highest BCUT2D eigenvalue weighted by Crippen LogP contribution is 2.29. The zero-order chi connectivity index (χ0) is 19.9. The van der Waals surface area contributed by atoms with E-state index >= 15 is 0 Å². The Kier molecular flexibility index (Phi) is 9.75. The second-order valence-corrected chi connectivity index (χ2v) is 6.83. The largest absolute Gasteiger partial charge is 0.416 e. The summed E-state index contributed by atoms with van der Waals surface area (Å²) in [4.78, 5) is 10.8. The van der Waals surface area contributed by atoms with Crippen LogP contribution in [0.25, 0.3) is 0 Å². The normalized spacial score (nSPS) is 11.3. The number of hydrogen-bond acceptors (Lipinski definition) is 3. The van der Waals surface area contributed by atoms with Crippen molar-refractivity contribution in [2.24, 2.45) is 4.99 Å². The molecule has 1 N–H and O–H groups in total. The average molecular weight is 522 g/mol. The number of benzene rings is 1. The highest BCUT2D eigenvalue weighted by atomic mass is 127. The Morgan fingerprint density at radius 1 is 1.36 bits per heavy atom. The molecule has 0 saturated heterocycles. The van der Waals surface area contributed by atoms with E-state index in [2.05, 4.69) is 27.1 Å². The van der Waals surface area contributed by atoms with Crippen LogP contribution in [0.15, 0.2) is 34.6 Å². The van der Waals surface area contributed by atoms with Crippen LogP contribution in [0.3, 0.4) is 0 Å². The Morgan fingerprint density at radius 2 is 2.11 bits per heavy atom. The lowest BCUT2D eigenvalue weighted by molar-refractivity contribution is -0.137. The zero-order valence-corrected chi connectivity index (χ0v) is 18.9. The fraction of sp³-hybridized carbons (Fsp3) is 0.368. The van der Waals surface area contributed by atoms with Gasteiger partial charge in [-0.3, -0.25) is 0 Å². The lowest BCUT2D eigenvalue weighted by Gasteiger charge is -2.20. The Bertz CT molecular complexity index is 853. The molecule has 0 spiro atoms. The minimum Gasteiger partial charge on any atom is -0.356 e. The van der Waals surface area contributed by atoms with Crippen LogP contribution >= 0.6 is 35.3 Å². The molecule has 0 atom stereocenters. The summed E-state index contributed by atoms with van der Waals surface area (Å²) >= 11 is 1.59. The van der Waals surface area contributed by atoms with Crippen LogP contribution in [0.5, 0.6) is 0 Å². The van der Waals surface area contributed by atoms with Crippen LogP contribution < -0.4 is 5.32 Å². The van der Waals surface area contributed by atoms with Gasteiger partial charge in [0.2, 0.25) is 0 Å². The number of guanidine groups is 1. The van der Waals surface area contributed by atoms with Crippen molar-refractivity contribution in [1.29, 1.82) is 0 Å². The second kappa shape index (κ2) is 11.3. The molecule has 0 bridgehead atoms. The number of hydrogen-bond donors (Lipinski definition) is 1. The van der Waals surface area contributed by atoms with Gasteiger partial charge in [-0.05, 0) is 32.0 Å². The summed E-state index contributed by atoms with van der Waals surface area (Å²) in [6, 6.07) is 4.97. The second-order valence-electron chi connectivity index (χ2n) is 5.76. The Balaban J connectivity index is 0.00000392. The summed E-state index contributed by atoms with van der Waals surface area (Å²) in [5, 5.41) is 6.18. The topological polar surface area (TPSA) is 40.5 Å². The molecule has 0 saturated carbocycles. The number of thiazole rings is 1. The lowest BCUT2D eigenvalue weighted by Crippen LogP contribution is -2.38. The quantitative estimate of drug-likeness (QED) is 0.278. The van der Waals surface area contributed by atoms with E-state index in [4.69, 9.17) is 0 Å². The van der Waals surface area contributed by atoms with Gasteiger partial charge < -0.3 is 10.2 Å². The van der Waals surface area contributed by atoms with Gasteiger partial charge in [-0.25, -0.2) is 9.98 Å². The average Bonchev–Trinajstić information content (AvgIpc) is 3.02. The summed E-state index contributed by atoms with van der Waals surface area (Å²) in [5.41, 5.74) is 0.571. The van der Waals surface area contributed by atoms with Crippen molar-refractivity contribution in [3.63, 3.8) is 0 Å². The highest BCUT2D eigenvalue weighted by molar-refractivity contribution is 14.0. The van der Waals surface area contributed by atoms with Gasteiger partial charge in [0.05, 0.1) is 22.8 Å².